The predicted octanol–water partition coefficient (Wildman–Crippen LogP) is 4.56. The molecule has 0 N–H and O–H groups in total. The largest absolute Gasteiger partial charge is 0.493 e. The molecule has 2 aromatic rings. The molecule has 0 radical (unpaired) electrons. The zero-order valence-corrected chi connectivity index (χ0v) is 12.6. The molecule has 6 heteroatoms. The van der Waals surface area contributed by atoms with Gasteiger partial charge in [-0.2, -0.15) is 13.2 Å². The van der Waals surface area contributed by atoms with Crippen molar-refractivity contribution >= 4 is 0 Å². The van der Waals surface area contributed by atoms with Gasteiger partial charge in [-0.15, -0.1) is 0 Å². The molecule has 23 heavy (non-hydrogen) atoms. The Labute approximate surface area is 132 Å². The Balaban J connectivity index is 1.78. The average molecular weight is 326 g/mol. The first-order chi connectivity index (χ1) is 11.0. The molecule has 0 saturated carbocycles. The summed E-state index contributed by atoms with van der Waals surface area (Å²) in [6.45, 7) is 0.635. The number of hydrogen-bond donors (Lipinski definition) is 0. The third-order valence-electron chi connectivity index (χ3n) is 3.05. The van der Waals surface area contributed by atoms with Gasteiger partial charge in [-0.1, -0.05) is 18.2 Å². The second kappa shape index (κ2) is 7.76. The zero-order chi connectivity index (χ0) is 16.7. The highest BCUT2D eigenvalue weighted by Gasteiger charge is 2.30. The number of halogens is 3. The van der Waals surface area contributed by atoms with Gasteiger partial charge < -0.3 is 14.2 Å². The first-order valence-corrected chi connectivity index (χ1v) is 7.06. The maximum absolute atomic E-state index is 12.6. The summed E-state index contributed by atoms with van der Waals surface area (Å²) in [4.78, 5) is 0. The molecule has 0 fully saturated rings. The van der Waals surface area contributed by atoms with E-state index in [1.54, 1.807) is 19.2 Å². The molecule has 0 heterocycles. The number of rotatable bonds is 7. The van der Waals surface area contributed by atoms with Gasteiger partial charge in [0.15, 0.2) is 11.5 Å². The van der Waals surface area contributed by atoms with Crippen LogP contribution in [-0.2, 0) is 6.18 Å². The predicted molar refractivity (Wildman–Crippen MR) is 80.0 cm³/mol. The van der Waals surface area contributed by atoms with Gasteiger partial charge in [-0.3, -0.25) is 0 Å². The molecule has 0 aromatic heterocycles. The molecule has 2 rings (SSSR count). The molecule has 0 bridgehead atoms. The van der Waals surface area contributed by atoms with E-state index in [9.17, 15) is 13.2 Å². The lowest BCUT2D eigenvalue weighted by Crippen LogP contribution is -2.07. The SMILES string of the molecule is COc1ccccc1OCCCOc1cccc(C(F)(F)F)c1. The number of hydrogen-bond acceptors (Lipinski definition) is 3. The van der Waals surface area contributed by atoms with E-state index in [1.807, 2.05) is 12.1 Å². The third kappa shape index (κ3) is 5.09. The van der Waals surface area contributed by atoms with Crippen LogP contribution in [0.4, 0.5) is 13.2 Å². The van der Waals surface area contributed by atoms with Crippen LogP contribution in [0.3, 0.4) is 0 Å². The summed E-state index contributed by atoms with van der Waals surface area (Å²) < 4.78 is 53.8. The first kappa shape index (κ1) is 17.0. The van der Waals surface area contributed by atoms with Crippen molar-refractivity contribution in [3.8, 4) is 17.2 Å². The maximum atomic E-state index is 12.6. The fourth-order valence-electron chi connectivity index (χ4n) is 1.93. The van der Waals surface area contributed by atoms with E-state index in [2.05, 4.69) is 0 Å². The molecule has 0 aliphatic heterocycles. The summed E-state index contributed by atoms with van der Waals surface area (Å²) in [5, 5.41) is 0. The van der Waals surface area contributed by atoms with Crippen LogP contribution < -0.4 is 14.2 Å². The van der Waals surface area contributed by atoms with Gasteiger partial charge in [-0.05, 0) is 30.3 Å². The van der Waals surface area contributed by atoms with E-state index >= 15 is 0 Å². The van der Waals surface area contributed by atoms with Crippen LogP contribution in [0.15, 0.2) is 48.5 Å². The highest BCUT2D eigenvalue weighted by Crippen LogP contribution is 2.31. The molecular weight excluding hydrogens is 309 g/mol. The molecule has 3 nitrogen and oxygen atoms in total. The van der Waals surface area contributed by atoms with E-state index in [-0.39, 0.29) is 12.4 Å². The van der Waals surface area contributed by atoms with Crippen molar-refractivity contribution in [1.29, 1.82) is 0 Å². The van der Waals surface area contributed by atoms with Crippen molar-refractivity contribution in [3.63, 3.8) is 0 Å². The Hall–Kier alpha value is -2.37. The summed E-state index contributed by atoms with van der Waals surface area (Å²) >= 11 is 0. The Kier molecular flexibility index (Phi) is 5.73. The van der Waals surface area contributed by atoms with Gasteiger partial charge in [0.25, 0.3) is 0 Å². The minimum atomic E-state index is -4.37. The van der Waals surface area contributed by atoms with E-state index in [0.29, 0.717) is 24.5 Å². The van der Waals surface area contributed by atoms with Crippen LogP contribution in [0, 0.1) is 0 Å². The van der Waals surface area contributed by atoms with Crippen molar-refractivity contribution in [2.24, 2.45) is 0 Å². The van der Waals surface area contributed by atoms with Crippen molar-refractivity contribution in [1.82, 2.24) is 0 Å². The summed E-state index contributed by atoms with van der Waals surface area (Å²) in [6, 6.07) is 12.1. The number of methoxy groups -OCH3 is 1. The van der Waals surface area contributed by atoms with Crippen molar-refractivity contribution in [3.05, 3.63) is 54.1 Å². The number of alkyl halides is 3. The fraction of sp³-hybridized carbons (Fsp3) is 0.294. The molecule has 0 aliphatic carbocycles. The topological polar surface area (TPSA) is 27.7 Å². The average Bonchev–Trinajstić information content (AvgIpc) is 2.54. The monoisotopic (exact) mass is 326 g/mol. The number of benzene rings is 2. The van der Waals surface area contributed by atoms with Gasteiger partial charge in [0.05, 0.1) is 25.9 Å². The Morgan fingerprint density at radius 2 is 1.57 bits per heavy atom. The second-order valence-electron chi connectivity index (χ2n) is 4.73. The quantitative estimate of drug-likeness (QED) is 0.698. The highest BCUT2D eigenvalue weighted by molar-refractivity contribution is 5.39. The summed E-state index contributed by atoms with van der Waals surface area (Å²) in [7, 11) is 1.55. The molecule has 0 spiro atoms. The lowest BCUT2D eigenvalue weighted by atomic mass is 10.2. The molecule has 124 valence electrons. The van der Waals surface area contributed by atoms with Crippen LogP contribution in [-0.4, -0.2) is 20.3 Å². The second-order valence-corrected chi connectivity index (χ2v) is 4.73. The maximum Gasteiger partial charge on any atom is 0.416 e. The summed E-state index contributed by atoms with van der Waals surface area (Å²) in [6.07, 6.45) is -3.83. The summed E-state index contributed by atoms with van der Waals surface area (Å²) in [5.41, 5.74) is -0.722. The van der Waals surface area contributed by atoms with Gasteiger partial charge in [0.1, 0.15) is 5.75 Å². The van der Waals surface area contributed by atoms with Gasteiger partial charge in [0.2, 0.25) is 0 Å². The van der Waals surface area contributed by atoms with E-state index < -0.39 is 11.7 Å². The zero-order valence-electron chi connectivity index (χ0n) is 12.6. The third-order valence-corrected chi connectivity index (χ3v) is 3.05. The minimum absolute atomic E-state index is 0.192. The number of para-hydroxylation sites is 2. The van der Waals surface area contributed by atoms with E-state index in [4.69, 9.17) is 14.2 Å². The van der Waals surface area contributed by atoms with Crippen LogP contribution >= 0.6 is 0 Å². The van der Waals surface area contributed by atoms with Gasteiger partial charge in [0, 0.05) is 6.42 Å². The van der Waals surface area contributed by atoms with Crippen molar-refractivity contribution in [2.75, 3.05) is 20.3 Å². The van der Waals surface area contributed by atoms with Crippen molar-refractivity contribution in [2.45, 2.75) is 12.6 Å². The lowest BCUT2D eigenvalue weighted by Gasteiger charge is -2.12. The molecule has 2 aromatic carbocycles. The van der Waals surface area contributed by atoms with Crippen molar-refractivity contribution < 1.29 is 27.4 Å². The van der Waals surface area contributed by atoms with E-state index in [1.165, 1.54) is 12.1 Å². The Bertz CT molecular complexity index is 626. The van der Waals surface area contributed by atoms with Crippen LogP contribution in [0.1, 0.15) is 12.0 Å². The van der Waals surface area contributed by atoms with Gasteiger partial charge in [-0.25, -0.2) is 0 Å². The van der Waals surface area contributed by atoms with Crippen LogP contribution in [0.5, 0.6) is 17.2 Å². The standard InChI is InChI=1S/C17H17F3O3/c1-21-15-8-2-3-9-16(15)23-11-5-10-22-14-7-4-6-13(12-14)17(18,19)20/h2-4,6-9,12H,5,10-11H2,1H3. The van der Waals surface area contributed by atoms with Crippen LogP contribution in [0.25, 0.3) is 0 Å². The molecule has 0 saturated heterocycles. The highest BCUT2D eigenvalue weighted by atomic mass is 19.4. The first-order valence-electron chi connectivity index (χ1n) is 7.06. The molecule has 0 aliphatic rings. The molecule has 0 unspecified atom stereocenters. The molecule has 0 atom stereocenters. The smallest absolute Gasteiger partial charge is 0.416 e. The molecular formula is C17H17F3O3. The minimum Gasteiger partial charge on any atom is -0.493 e. The fourth-order valence-corrected chi connectivity index (χ4v) is 1.93. The normalized spacial score (nSPS) is 11.1. The Morgan fingerprint density at radius 3 is 2.26 bits per heavy atom. The Morgan fingerprint density at radius 1 is 0.870 bits per heavy atom. The lowest BCUT2D eigenvalue weighted by molar-refractivity contribution is -0.137. The van der Waals surface area contributed by atoms with E-state index in [0.717, 1.165) is 12.1 Å². The van der Waals surface area contributed by atoms with Gasteiger partial charge >= 0.3 is 6.18 Å². The summed E-state index contributed by atoms with van der Waals surface area (Å²) in [5.74, 6) is 1.44. The molecule has 0 amide bonds. The number of ether oxygens (including phenoxy) is 3. The van der Waals surface area contributed by atoms with Crippen LogP contribution in [0.2, 0.25) is 0 Å².